The number of nitrogens with zero attached hydrogens (tertiary/aromatic N) is 5. The quantitative estimate of drug-likeness (QED) is 0.154. The number of hydrogen-bond donors (Lipinski definition) is 3. The average molecular weight is 799 g/mol. The second-order valence-corrected chi connectivity index (χ2v) is 17.3. The third kappa shape index (κ3) is 8.27. The third-order valence-corrected chi connectivity index (χ3v) is 13.6. The van der Waals surface area contributed by atoms with Gasteiger partial charge in [0.15, 0.2) is 0 Å². The second-order valence-electron chi connectivity index (χ2n) is 17.3. The Morgan fingerprint density at radius 2 is 1.61 bits per heavy atom. The molecule has 3 aromatic carbocycles. The SMILES string of the molecule is C[C@H]1CCCN1Cc1nc2ccc(NC(=O)c3ccc(C4CCN(CCCC5CCN(c6ccc7c(c6)C(=O)N(C6CCC(=O)NC6=O)C7=O)CC5)CC4)cc3)cc2[nH]1. The lowest BCUT2D eigenvalue weighted by Gasteiger charge is -2.35. The number of aromatic nitrogens is 2. The van der Waals surface area contributed by atoms with E-state index in [1.165, 1.54) is 31.2 Å². The molecule has 0 aliphatic carbocycles. The summed E-state index contributed by atoms with van der Waals surface area (Å²) in [6.07, 6.45) is 9.51. The summed E-state index contributed by atoms with van der Waals surface area (Å²) in [6.45, 7) is 9.28. The molecule has 59 heavy (non-hydrogen) atoms. The first kappa shape index (κ1) is 39.1. The Morgan fingerprint density at radius 1 is 0.831 bits per heavy atom. The predicted octanol–water partition coefficient (Wildman–Crippen LogP) is 6.08. The molecule has 2 atom stereocenters. The van der Waals surface area contributed by atoms with Crippen molar-refractivity contribution >= 4 is 51.9 Å². The summed E-state index contributed by atoms with van der Waals surface area (Å²) in [6, 6.07) is 19.1. The highest BCUT2D eigenvalue weighted by molar-refractivity contribution is 6.23. The van der Waals surface area contributed by atoms with Crippen LogP contribution in [0.2, 0.25) is 0 Å². The van der Waals surface area contributed by atoms with Crippen LogP contribution in [0.3, 0.4) is 0 Å². The highest BCUT2D eigenvalue weighted by Gasteiger charge is 2.45. The van der Waals surface area contributed by atoms with Crippen molar-refractivity contribution in [3.63, 3.8) is 0 Å². The zero-order valence-electron chi connectivity index (χ0n) is 33.9. The fourth-order valence-corrected chi connectivity index (χ4v) is 9.97. The van der Waals surface area contributed by atoms with E-state index in [1.54, 1.807) is 12.1 Å². The number of imide groups is 2. The Bertz CT molecular complexity index is 2250. The molecule has 0 bridgehead atoms. The first-order chi connectivity index (χ1) is 28.7. The number of nitrogens with one attached hydrogen (secondary N) is 3. The molecule has 0 radical (unpaired) electrons. The fraction of sp³-hybridized carbons (Fsp3) is 0.478. The zero-order chi connectivity index (χ0) is 40.6. The van der Waals surface area contributed by atoms with Crippen LogP contribution in [0.1, 0.15) is 120 Å². The number of carbonyl (C=O) groups excluding carboxylic acids is 5. The molecule has 0 saturated carbocycles. The smallest absolute Gasteiger partial charge is 0.262 e. The van der Waals surface area contributed by atoms with E-state index in [1.807, 2.05) is 36.4 Å². The molecule has 9 rings (SSSR count). The van der Waals surface area contributed by atoms with E-state index in [2.05, 4.69) is 49.4 Å². The number of benzene rings is 3. The minimum Gasteiger partial charge on any atom is -0.371 e. The second kappa shape index (κ2) is 16.7. The molecule has 0 spiro atoms. The van der Waals surface area contributed by atoms with Crippen LogP contribution in [0.15, 0.2) is 60.7 Å². The number of imidazole rings is 1. The van der Waals surface area contributed by atoms with E-state index >= 15 is 0 Å². The van der Waals surface area contributed by atoms with Crippen molar-refractivity contribution in [2.45, 2.75) is 95.7 Å². The minimum atomic E-state index is -0.955. The highest BCUT2D eigenvalue weighted by atomic mass is 16.2. The van der Waals surface area contributed by atoms with Crippen molar-refractivity contribution in [2.75, 3.05) is 49.5 Å². The number of hydrogen-bond acceptors (Lipinski definition) is 9. The number of fused-ring (bicyclic) bond motifs is 2. The molecular weight excluding hydrogens is 745 g/mol. The van der Waals surface area contributed by atoms with Gasteiger partial charge in [-0.2, -0.15) is 0 Å². The van der Waals surface area contributed by atoms with Crippen LogP contribution in [-0.2, 0) is 16.1 Å². The summed E-state index contributed by atoms with van der Waals surface area (Å²) >= 11 is 0. The van der Waals surface area contributed by atoms with E-state index in [-0.39, 0.29) is 24.7 Å². The Balaban J connectivity index is 0.692. The van der Waals surface area contributed by atoms with E-state index in [9.17, 15) is 24.0 Å². The van der Waals surface area contributed by atoms with Gasteiger partial charge in [0.05, 0.1) is 28.7 Å². The fourth-order valence-electron chi connectivity index (χ4n) is 9.97. The van der Waals surface area contributed by atoms with Gasteiger partial charge < -0.3 is 20.1 Å². The van der Waals surface area contributed by atoms with Crippen LogP contribution in [0.25, 0.3) is 11.0 Å². The van der Waals surface area contributed by atoms with Gasteiger partial charge in [0.25, 0.3) is 17.7 Å². The summed E-state index contributed by atoms with van der Waals surface area (Å²) in [4.78, 5) is 80.3. The van der Waals surface area contributed by atoms with Crippen LogP contribution in [0.4, 0.5) is 11.4 Å². The van der Waals surface area contributed by atoms with Crippen molar-refractivity contribution in [3.8, 4) is 0 Å². The number of anilines is 2. The monoisotopic (exact) mass is 798 g/mol. The van der Waals surface area contributed by atoms with Crippen molar-refractivity contribution < 1.29 is 24.0 Å². The predicted molar refractivity (Wildman–Crippen MR) is 225 cm³/mol. The lowest BCUT2D eigenvalue weighted by molar-refractivity contribution is -0.136. The van der Waals surface area contributed by atoms with Gasteiger partial charge >= 0.3 is 0 Å². The van der Waals surface area contributed by atoms with E-state index in [0.29, 0.717) is 34.6 Å². The van der Waals surface area contributed by atoms with Gasteiger partial charge in [0, 0.05) is 42.5 Å². The topological polar surface area (TPSA) is 151 Å². The first-order valence-electron chi connectivity index (χ1n) is 21.6. The van der Waals surface area contributed by atoms with Crippen molar-refractivity contribution in [3.05, 3.63) is 88.7 Å². The number of carbonyl (C=O) groups is 5. The van der Waals surface area contributed by atoms with E-state index < -0.39 is 23.8 Å². The lowest BCUT2D eigenvalue weighted by Crippen LogP contribution is -2.54. The Kier molecular flexibility index (Phi) is 11.1. The molecular formula is C46H54N8O5. The Hall–Kier alpha value is -5.40. The molecule has 308 valence electrons. The highest BCUT2D eigenvalue weighted by Crippen LogP contribution is 2.34. The third-order valence-electron chi connectivity index (χ3n) is 13.6. The van der Waals surface area contributed by atoms with Gasteiger partial charge in [-0.1, -0.05) is 12.1 Å². The number of rotatable bonds is 11. The Labute approximate surface area is 344 Å². The van der Waals surface area contributed by atoms with Gasteiger partial charge in [-0.3, -0.25) is 39.1 Å². The van der Waals surface area contributed by atoms with Crippen LogP contribution >= 0.6 is 0 Å². The molecule has 13 heteroatoms. The molecule has 3 N–H and O–H groups in total. The van der Waals surface area contributed by atoms with Crippen LogP contribution in [-0.4, -0.2) is 106 Å². The van der Waals surface area contributed by atoms with Gasteiger partial charge in [-0.25, -0.2) is 4.98 Å². The summed E-state index contributed by atoms with van der Waals surface area (Å²) in [7, 11) is 0. The molecule has 1 aromatic heterocycles. The van der Waals surface area contributed by atoms with Gasteiger partial charge in [-0.05, 0) is 157 Å². The molecule has 5 amide bonds. The largest absolute Gasteiger partial charge is 0.371 e. The maximum Gasteiger partial charge on any atom is 0.262 e. The standard InChI is InChI=1S/C46H54N8O5/c1-29-4-2-21-53(29)28-41-48-38-13-10-34(26-39(38)49-41)47-43(56)33-8-6-31(7-9-33)32-18-22-51(23-19-32)20-3-5-30-16-24-52(25-17-30)35-11-12-36-37(27-35)46(59)54(45(36)58)40-14-15-42(55)50-44(40)57/h6-13,26-27,29-30,32,40H,2-5,14-25,28H2,1H3,(H,47,56)(H,48,49)(H,50,55,57)/t29-,40?/m0/s1. The van der Waals surface area contributed by atoms with E-state index in [4.69, 9.17) is 4.98 Å². The summed E-state index contributed by atoms with van der Waals surface area (Å²) in [5.41, 5.74) is 6.14. The van der Waals surface area contributed by atoms with Crippen LogP contribution < -0.4 is 15.5 Å². The minimum absolute atomic E-state index is 0.105. The number of H-pyrrole nitrogens is 1. The number of aromatic amines is 1. The lowest BCUT2D eigenvalue weighted by atomic mass is 9.88. The average Bonchev–Trinajstić information content (AvgIpc) is 3.92. The van der Waals surface area contributed by atoms with Crippen LogP contribution in [0, 0.1) is 5.92 Å². The Morgan fingerprint density at radius 3 is 2.36 bits per heavy atom. The van der Waals surface area contributed by atoms with Gasteiger partial charge in [0.1, 0.15) is 11.9 Å². The first-order valence-corrected chi connectivity index (χ1v) is 21.6. The summed E-state index contributed by atoms with van der Waals surface area (Å²) in [5, 5.41) is 5.33. The van der Waals surface area contributed by atoms with Crippen molar-refractivity contribution in [1.29, 1.82) is 0 Å². The maximum atomic E-state index is 13.3. The molecule has 4 saturated heterocycles. The van der Waals surface area contributed by atoms with Crippen molar-refractivity contribution in [2.24, 2.45) is 5.92 Å². The molecule has 13 nitrogen and oxygen atoms in total. The van der Waals surface area contributed by atoms with Crippen LogP contribution in [0.5, 0.6) is 0 Å². The van der Waals surface area contributed by atoms with E-state index in [0.717, 1.165) is 105 Å². The normalized spacial score (nSPS) is 22.4. The van der Waals surface area contributed by atoms with Gasteiger partial charge in [0.2, 0.25) is 11.8 Å². The number of piperidine rings is 3. The molecule has 4 aromatic rings. The molecule has 1 unspecified atom stereocenters. The maximum absolute atomic E-state index is 13.3. The molecule has 4 fully saturated rings. The summed E-state index contributed by atoms with van der Waals surface area (Å²) < 4.78 is 0. The number of amides is 5. The van der Waals surface area contributed by atoms with Gasteiger partial charge in [-0.15, -0.1) is 0 Å². The molecule has 5 aliphatic rings. The number of likely N-dealkylation sites (tertiary alicyclic amines) is 2. The summed E-state index contributed by atoms with van der Waals surface area (Å²) in [5.74, 6) is 0.110. The molecule has 6 heterocycles. The zero-order valence-corrected chi connectivity index (χ0v) is 33.9. The molecule has 5 aliphatic heterocycles. The van der Waals surface area contributed by atoms with Crippen molar-refractivity contribution in [1.82, 2.24) is 30.0 Å².